The van der Waals surface area contributed by atoms with Crippen LogP contribution >= 0.6 is 11.3 Å². The number of carbonyl (C=O) groups is 1. The number of amides is 1. The summed E-state index contributed by atoms with van der Waals surface area (Å²) in [6.45, 7) is 3.49. The van der Waals surface area contributed by atoms with Crippen molar-refractivity contribution >= 4 is 33.3 Å². The van der Waals surface area contributed by atoms with E-state index in [1.54, 1.807) is 13.3 Å². The largest absolute Gasteiger partial charge is 0.356 e. The van der Waals surface area contributed by atoms with Crippen molar-refractivity contribution in [1.29, 1.82) is 0 Å². The third-order valence-electron chi connectivity index (χ3n) is 4.93. The molecule has 1 aliphatic carbocycles. The SMILES string of the molecule is CC(=O)NC1CCN(c2ncnc3sc4c(c23)CCCC4)CC1. The van der Waals surface area contributed by atoms with E-state index in [-0.39, 0.29) is 5.91 Å². The van der Waals surface area contributed by atoms with E-state index in [2.05, 4.69) is 20.2 Å². The van der Waals surface area contributed by atoms with E-state index in [1.165, 1.54) is 35.1 Å². The number of hydrogen-bond donors (Lipinski definition) is 1. The van der Waals surface area contributed by atoms with Crippen LogP contribution in [-0.4, -0.2) is 35.0 Å². The van der Waals surface area contributed by atoms with E-state index in [0.29, 0.717) is 6.04 Å². The fourth-order valence-electron chi connectivity index (χ4n) is 3.84. The smallest absolute Gasteiger partial charge is 0.217 e. The highest BCUT2D eigenvalue weighted by molar-refractivity contribution is 7.19. The number of fused-ring (bicyclic) bond motifs is 3. The van der Waals surface area contributed by atoms with Crippen molar-refractivity contribution in [3.05, 3.63) is 16.8 Å². The first-order chi connectivity index (χ1) is 11.2. The Labute approximate surface area is 140 Å². The van der Waals surface area contributed by atoms with Crippen molar-refractivity contribution in [3.8, 4) is 0 Å². The maximum Gasteiger partial charge on any atom is 0.217 e. The Bertz CT molecular complexity index is 734. The van der Waals surface area contributed by atoms with Gasteiger partial charge in [-0.3, -0.25) is 4.79 Å². The van der Waals surface area contributed by atoms with E-state index in [4.69, 9.17) is 0 Å². The number of nitrogens with one attached hydrogen (secondary N) is 1. The average Bonchev–Trinajstić information content (AvgIpc) is 2.93. The quantitative estimate of drug-likeness (QED) is 0.920. The Morgan fingerprint density at radius 3 is 2.83 bits per heavy atom. The van der Waals surface area contributed by atoms with Crippen molar-refractivity contribution in [2.24, 2.45) is 0 Å². The molecule has 0 saturated carbocycles. The fourth-order valence-corrected chi connectivity index (χ4v) is 5.06. The summed E-state index contributed by atoms with van der Waals surface area (Å²) in [5, 5.41) is 4.34. The summed E-state index contributed by atoms with van der Waals surface area (Å²) in [5.74, 6) is 1.18. The number of rotatable bonds is 2. The molecule has 6 heteroatoms. The molecule has 4 rings (SSSR count). The third kappa shape index (κ3) is 2.80. The van der Waals surface area contributed by atoms with E-state index in [9.17, 15) is 4.79 Å². The van der Waals surface area contributed by atoms with Crippen LogP contribution in [0.25, 0.3) is 10.2 Å². The molecule has 1 saturated heterocycles. The van der Waals surface area contributed by atoms with Crippen LogP contribution in [0.3, 0.4) is 0 Å². The van der Waals surface area contributed by atoms with Gasteiger partial charge in [0.05, 0.1) is 5.39 Å². The maximum absolute atomic E-state index is 11.2. The number of aromatic nitrogens is 2. The van der Waals surface area contributed by atoms with Gasteiger partial charge < -0.3 is 10.2 Å². The van der Waals surface area contributed by atoms with Crippen LogP contribution in [-0.2, 0) is 17.6 Å². The molecule has 2 aromatic rings. The molecule has 2 aromatic heterocycles. The number of carbonyl (C=O) groups excluding carboxylic acids is 1. The Kier molecular flexibility index (Phi) is 3.93. The van der Waals surface area contributed by atoms with E-state index >= 15 is 0 Å². The Morgan fingerprint density at radius 2 is 2.04 bits per heavy atom. The number of nitrogens with zero attached hydrogens (tertiary/aromatic N) is 3. The second-order valence-corrected chi connectivity index (χ2v) is 7.63. The highest BCUT2D eigenvalue weighted by atomic mass is 32.1. The summed E-state index contributed by atoms with van der Waals surface area (Å²) in [6, 6.07) is 0.303. The highest BCUT2D eigenvalue weighted by Crippen LogP contribution is 2.39. The molecule has 1 aliphatic heterocycles. The molecule has 0 atom stereocenters. The van der Waals surface area contributed by atoms with E-state index in [1.807, 2.05) is 11.3 Å². The molecule has 1 N–H and O–H groups in total. The Morgan fingerprint density at radius 1 is 1.26 bits per heavy atom. The molecular weight excluding hydrogens is 308 g/mol. The summed E-state index contributed by atoms with van der Waals surface area (Å²) in [4.78, 5) is 25.4. The van der Waals surface area contributed by atoms with Crippen LogP contribution < -0.4 is 10.2 Å². The molecular formula is C17H22N4OS. The minimum absolute atomic E-state index is 0.0692. The molecule has 0 spiro atoms. The minimum Gasteiger partial charge on any atom is -0.356 e. The van der Waals surface area contributed by atoms with Gasteiger partial charge in [-0.2, -0.15) is 0 Å². The predicted molar refractivity (Wildman–Crippen MR) is 93.1 cm³/mol. The van der Waals surface area contributed by atoms with Crippen LogP contribution in [0.2, 0.25) is 0 Å². The first kappa shape index (κ1) is 14.9. The minimum atomic E-state index is 0.0692. The van der Waals surface area contributed by atoms with Crippen molar-refractivity contribution < 1.29 is 4.79 Å². The molecule has 0 bridgehead atoms. The topological polar surface area (TPSA) is 58.1 Å². The normalized spacial score (nSPS) is 18.9. The standard InChI is InChI=1S/C17H22N4OS/c1-11(22)20-12-6-8-21(9-7-12)16-15-13-4-2-3-5-14(13)23-17(15)19-10-18-16/h10,12H,2-9H2,1H3,(H,20,22). The maximum atomic E-state index is 11.2. The first-order valence-electron chi connectivity index (χ1n) is 8.49. The second kappa shape index (κ2) is 6.07. The van der Waals surface area contributed by atoms with E-state index < -0.39 is 0 Å². The van der Waals surface area contributed by atoms with Crippen LogP contribution in [0, 0.1) is 0 Å². The molecule has 0 radical (unpaired) electrons. The number of hydrogen-bond acceptors (Lipinski definition) is 5. The summed E-state index contributed by atoms with van der Waals surface area (Å²) < 4.78 is 0. The van der Waals surface area contributed by atoms with E-state index in [0.717, 1.165) is 43.0 Å². The molecule has 122 valence electrons. The predicted octanol–water partition coefficient (Wildman–Crippen LogP) is 2.68. The summed E-state index contributed by atoms with van der Waals surface area (Å²) in [6.07, 6.45) is 8.61. The molecule has 0 unspecified atom stereocenters. The number of thiophene rings is 1. The third-order valence-corrected chi connectivity index (χ3v) is 6.13. The Balaban J connectivity index is 1.62. The van der Waals surface area contributed by atoms with Crippen molar-refractivity contribution in [1.82, 2.24) is 15.3 Å². The molecule has 23 heavy (non-hydrogen) atoms. The van der Waals surface area contributed by atoms with Gasteiger partial charge in [-0.05, 0) is 44.1 Å². The Hall–Kier alpha value is -1.69. The van der Waals surface area contributed by atoms with Crippen molar-refractivity contribution in [2.75, 3.05) is 18.0 Å². The number of aryl methyl sites for hydroxylation is 2. The van der Waals surface area contributed by atoms with Gasteiger partial charge >= 0.3 is 0 Å². The lowest BCUT2D eigenvalue weighted by Gasteiger charge is -2.33. The van der Waals surface area contributed by atoms with Gasteiger partial charge in [-0.25, -0.2) is 9.97 Å². The zero-order chi connectivity index (χ0) is 15.8. The molecule has 3 heterocycles. The lowest BCUT2D eigenvalue weighted by atomic mass is 9.96. The lowest BCUT2D eigenvalue weighted by Crippen LogP contribution is -2.44. The second-order valence-electron chi connectivity index (χ2n) is 6.55. The van der Waals surface area contributed by atoms with Gasteiger partial charge in [0, 0.05) is 30.9 Å². The fraction of sp³-hybridized carbons (Fsp3) is 0.588. The van der Waals surface area contributed by atoms with Gasteiger partial charge in [-0.15, -0.1) is 11.3 Å². The average molecular weight is 330 g/mol. The van der Waals surface area contributed by atoms with Crippen molar-refractivity contribution in [3.63, 3.8) is 0 Å². The molecule has 2 aliphatic rings. The van der Waals surface area contributed by atoms with Gasteiger partial charge in [0.25, 0.3) is 0 Å². The number of piperidine rings is 1. The van der Waals surface area contributed by atoms with Gasteiger partial charge in [0.2, 0.25) is 5.91 Å². The zero-order valence-corrected chi connectivity index (χ0v) is 14.3. The summed E-state index contributed by atoms with van der Waals surface area (Å²) >= 11 is 1.85. The van der Waals surface area contributed by atoms with Crippen molar-refractivity contribution in [2.45, 2.75) is 51.5 Å². The van der Waals surface area contributed by atoms with Gasteiger partial charge in [0.1, 0.15) is 17.0 Å². The monoisotopic (exact) mass is 330 g/mol. The van der Waals surface area contributed by atoms with Crippen LogP contribution in [0.4, 0.5) is 5.82 Å². The van der Waals surface area contributed by atoms with Gasteiger partial charge in [-0.1, -0.05) is 0 Å². The molecule has 0 aromatic carbocycles. The highest BCUT2D eigenvalue weighted by Gasteiger charge is 2.25. The summed E-state index contributed by atoms with van der Waals surface area (Å²) in [7, 11) is 0. The number of anilines is 1. The zero-order valence-electron chi connectivity index (χ0n) is 13.5. The summed E-state index contributed by atoms with van der Waals surface area (Å²) in [5.41, 5.74) is 1.50. The van der Waals surface area contributed by atoms with Crippen LogP contribution in [0.1, 0.15) is 43.0 Å². The molecule has 5 nitrogen and oxygen atoms in total. The van der Waals surface area contributed by atoms with Crippen LogP contribution in [0.5, 0.6) is 0 Å². The van der Waals surface area contributed by atoms with Gasteiger partial charge in [0.15, 0.2) is 0 Å². The lowest BCUT2D eigenvalue weighted by molar-refractivity contribution is -0.119. The molecule has 1 amide bonds. The van der Waals surface area contributed by atoms with Crippen LogP contribution in [0.15, 0.2) is 6.33 Å². The first-order valence-corrected chi connectivity index (χ1v) is 9.31. The molecule has 1 fully saturated rings.